The van der Waals surface area contributed by atoms with Crippen molar-refractivity contribution in [3.05, 3.63) is 54.4 Å². The lowest BCUT2D eigenvalue weighted by Crippen LogP contribution is -2.63. The molecule has 6 heteroatoms. The fourth-order valence-corrected chi connectivity index (χ4v) is 4.69. The Balaban J connectivity index is 1.45. The Morgan fingerprint density at radius 3 is 2.54 bits per heavy atom. The van der Waals surface area contributed by atoms with Gasteiger partial charge >= 0.3 is 0 Å². The van der Waals surface area contributed by atoms with Crippen molar-refractivity contribution < 1.29 is 5.11 Å². The average Bonchev–Trinajstić information content (AvgIpc) is 3.24. The van der Waals surface area contributed by atoms with Gasteiger partial charge in [0.1, 0.15) is 5.60 Å². The number of benzene rings is 1. The summed E-state index contributed by atoms with van der Waals surface area (Å²) in [6.45, 7) is 8.06. The van der Waals surface area contributed by atoms with E-state index >= 15 is 0 Å². The summed E-state index contributed by atoms with van der Waals surface area (Å²) in [6, 6.07) is 12.4. The number of nitrogens with zero attached hydrogens (tertiary/aromatic N) is 5. The first kappa shape index (κ1) is 19.6. The molecule has 0 amide bonds. The van der Waals surface area contributed by atoms with Gasteiger partial charge in [-0.2, -0.15) is 5.10 Å². The van der Waals surface area contributed by atoms with Crippen LogP contribution in [0.3, 0.4) is 0 Å². The number of piperazine rings is 1. The molecule has 0 aliphatic carbocycles. The molecule has 0 bridgehead atoms. The monoisotopic (exact) mass is 383 g/mol. The second kappa shape index (κ2) is 8.74. The Labute approximate surface area is 168 Å². The van der Waals surface area contributed by atoms with Gasteiger partial charge in [-0.1, -0.05) is 30.3 Å². The largest absolute Gasteiger partial charge is 0.383 e. The number of hydrogen-bond acceptors (Lipinski definition) is 5. The zero-order valence-corrected chi connectivity index (χ0v) is 17.0. The molecule has 3 heterocycles. The quantitative estimate of drug-likeness (QED) is 0.819. The van der Waals surface area contributed by atoms with Gasteiger partial charge in [-0.05, 0) is 38.1 Å². The van der Waals surface area contributed by atoms with Crippen molar-refractivity contribution in [3.8, 4) is 0 Å². The number of piperidine rings is 1. The molecular weight excluding hydrogens is 350 g/mol. The first-order valence-electron chi connectivity index (χ1n) is 10.6. The van der Waals surface area contributed by atoms with Gasteiger partial charge in [0.2, 0.25) is 0 Å². The van der Waals surface area contributed by atoms with Crippen molar-refractivity contribution in [1.82, 2.24) is 24.5 Å². The lowest BCUT2D eigenvalue weighted by Gasteiger charge is -2.51. The Kier molecular flexibility index (Phi) is 6.11. The predicted octanol–water partition coefficient (Wildman–Crippen LogP) is 1.48. The smallest absolute Gasteiger partial charge is 0.108 e. The van der Waals surface area contributed by atoms with E-state index in [4.69, 9.17) is 0 Å². The van der Waals surface area contributed by atoms with Crippen LogP contribution in [0, 0.1) is 0 Å². The number of aromatic nitrogens is 2. The van der Waals surface area contributed by atoms with Crippen LogP contribution in [0.2, 0.25) is 0 Å². The second-order valence-corrected chi connectivity index (χ2v) is 8.32. The van der Waals surface area contributed by atoms with Crippen LogP contribution in [0.25, 0.3) is 0 Å². The van der Waals surface area contributed by atoms with Crippen LogP contribution in [-0.2, 0) is 12.1 Å². The minimum atomic E-state index is -0.768. The molecule has 2 fully saturated rings. The first-order chi connectivity index (χ1) is 13.6. The molecule has 152 valence electrons. The highest BCUT2D eigenvalue weighted by Gasteiger charge is 2.45. The van der Waals surface area contributed by atoms with E-state index < -0.39 is 5.60 Å². The zero-order chi connectivity index (χ0) is 19.4. The van der Waals surface area contributed by atoms with Crippen LogP contribution in [-0.4, -0.2) is 88.5 Å². The van der Waals surface area contributed by atoms with Crippen LogP contribution >= 0.6 is 0 Å². The van der Waals surface area contributed by atoms with Gasteiger partial charge in [0.15, 0.2) is 0 Å². The molecule has 0 spiro atoms. The molecule has 2 atom stereocenters. The van der Waals surface area contributed by atoms with Crippen LogP contribution in [0.5, 0.6) is 0 Å². The van der Waals surface area contributed by atoms with Crippen molar-refractivity contribution in [2.45, 2.75) is 31.0 Å². The summed E-state index contributed by atoms with van der Waals surface area (Å²) in [5, 5.41) is 16.1. The summed E-state index contributed by atoms with van der Waals surface area (Å²) in [5.74, 6) is 0. The predicted molar refractivity (Wildman–Crippen MR) is 111 cm³/mol. The van der Waals surface area contributed by atoms with Crippen molar-refractivity contribution in [3.63, 3.8) is 0 Å². The number of likely N-dealkylation sites (N-methyl/N-ethyl adjacent to an activating group) is 1. The summed E-state index contributed by atoms with van der Waals surface area (Å²) in [7, 11) is 2.18. The Morgan fingerprint density at radius 2 is 1.82 bits per heavy atom. The maximum absolute atomic E-state index is 11.8. The van der Waals surface area contributed by atoms with Gasteiger partial charge < -0.3 is 14.9 Å². The third-order valence-corrected chi connectivity index (χ3v) is 6.46. The third kappa shape index (κ3) is 4.30. The van der Waals surface area contributed by atoms with Crippen LogP contribution in [0.4, 0.5) is 0 Å². The summed E-state index contributed by atoms with van der Waals surface area (Å²) in [6.07, 6.45) is 5.73. The maximum atomic E-state index is 11.8. The van der Waals surface area contributed by atoms with Crippen molar-refractivity contribution >= 4 is 0 Å². The molecule has 6 nitrogen and oxygen atoms in total. The molecule has 2 aromatic rings. The summed E-state index contributed by atoms with van der Waals surface area (Å²) in [5.41, 5.74) is 0.297. The topological polar surface area (TPSA) is 47.8 Å². The fourth-order valence-electron chi connectivity index (χ4n) is 4.69. The summed E-state index contributed by atoms with van der Waals surface area (Å²) >= 11 is 0. The van der Waals surface area contributed by atoms with E-state index in [9.17, 15) is 5.11 Å². The SMILES string of the molecule is CN1CCN([C@@H]2CN(CCCn3cccn3)CC[C@]2(O)c2ccccc2)CC1. The Hall–Kier alpha value is -1.73. The van der Waals surface area contributed by atoms with E-state index in [-0.39, 0.29) is 6.04 Å². The molecule has 1 aromatic carbocycles. The molecule has 1 N–H and O–H groups in total. The minimum absolute atomic E-state index is 0.141. The van der Waals surface area contributed by atoms with Gasteiger partial charge in [-0.25, -0.2) is 0 Å². The fraction of sp³-hybridized carbons (Fsp3) is 0.591. The van der Waals surface area contributed by atoms with Crippen LogP contribution in [0.1, 0.15) is 18.4 Å². The summed E-state index contributed by atoms with van der Waals surface area (Å²) < 4.78 is 2.00. The van der Waals surface area contributed by atoms with Crippen molar-refractivity contribution in [2.75, 3.05) is 52.9 Å². The normalized spacial score (nSPS) is 27.9. The number of likely N-dealkylation sites (tertiary alicyclic amines) is 1. The minimum Gasteiger partial charge on any atom is -0.383 e. The molecule has 0 radical (unpaired) electrons. The van der Waals surface area contributed by atoms with Gasteiger partial charge in [0.25, 0.3) is 0 Å². The Morgan fingerprint density at radius 1 is 1.04 bits per heavy atom. The van der Waals surface area contributed by atoms with E-state index in [0.717, 1.165) is 70.8 Å². The summed E-state index contributed by atoms with van der Waals surface area (Å²) in [4.78, 5) is 7.43. The highest BCUT2D eigenvalue weighted by atomic mass is 16.3. The second-order valence-electron chi connectivity index (χ2n) is 8.32. The molecule has 0 saturated carbocycles. The number of hydrogen-bond donors (Lipinski definition) is 1. The van der Waals surface area contributed by atoms with E-state index in [1.807, 2.05) is 41.3 Å². The van der Waals surface area contributed by atoms with Crippen molar-refractivity contribution in [1.29, 1.82) is 0 Å². The third-order valence-electron chi connectivity index (χ3n) is 6.46. The van der Waals surface area contributed by atoms with Gasteiger partial charge in [0.05, 0.1) is 6.04 Å². The molecule has 2 aliphatic heterocycles. The van der Waals surface area contributed by atoms with E-state index in [2.05, 4.69) is 39.0 Å². The van der Waals surface area contributed by atoms with Crippen molar-refractivity contribution in [2.24, 2.45) is 0 Å². The number of aliphatic hydroxyl groups is 1. The van der Waals surface area contributed by atoms with Crippen LogP contribution < -0.4 is 0 Å². The van der Waals surface area contributed by atoms with E-state index in [0.29, 0.717) is 0 Å². The van der Waals surface area contributed by atoms with E-state index in [1.165, 1.54) is 0 Å². The standard InChI is InChI=1S/C22H33N5O/c1-24-15-17-26(18-16-24)21-19-25(11-6-13-27-12-5-10-23-27)14-9-22(21,28)20-7-3-2-4-8-20/h2-5,7-8,10,12,21,28H,6,9,11,13-19H2,1H3/t21-,22+/m1/s1. The highest BCUT2D eigenvalue weighted by molar-refractivity contribution is 5.26. The number of rotatable bonds is 6. The zero-order valence-electron chi connectivity index (χ0n) is 17.0. The Bertz CT molecular complexity index is 714. The lowest BCUT2D eigenvalue weighted by atomic mass is 9.79. The molecule has 28 heavy (non-hydrogen) atoms. The number of aryl methyl sites for hydroxylation is 1. The molecule has 2 aliphatic rings. The molecular formula is C22H33N5O. The maximum Gasteiger partial charge on any atom is 0.108 e. The van der Waals surface area contributed by atoms with Gasteiger partial charge in [0, 0.05) is 58.2 Å². The highest BCUT2D eigenvalue weighted by Crippen LogP contribution is 2.36. The lowest BCUT2D eigenvalue weighted by molar-refractivity contribution is -0.107. The molecule has 4 rings (SSSR count). The molecule has 1 aromatic heterocycles. The first-order valence-corrected chi connectivity index (χ1v) is 10.6. The van der Waals surface area contributed by atoms with Gasteiger partial charge in [-0.15, -0.1) is 0 Å². The van der Waals surface area contributed by atoms with Gasteiger partial charge in [-0.3, -0.25) is 9.58 Å². The molecule has 0 unspecified atom stereocenters. The van der Waals surface area contributed by atoms with E-state index in [1.54, 1.807) is 0 Å². The molecule has 2 saturated heterocycles. The average molecular weight is 384 g/mol. The van der Waals surface area contributed by atoms with Crippen LogP contribution in [0.15, 0.2) is 48.8 Å².